The van der Waals surface area contributed by atoms with Gasteiger partial charge in [-0.05, 0) is 44.5 Å². The first-order valence-corrected chi connectivity index (χ1v) is 11.5. The van der Waals surface area contributed by atoms with Crippen LogP contribution >= 0.6 is 0 Å². The number of nitro groups is 1. The fraction of sp³-hybridized carbons (Fsp3) is 0.286. The van der Waals surface area contributed by atoms with Crippen molar-refractivity contribution < 1.29 is 13.3 Å². The molecule has 0 radical (unpaired) electrons. The van der Waals surface area contributed by atoms with E-state index in [1.165, 1.54) is 21.5 Å². The van der Waals surface area contributed by atoms with Crippen LogP contribution in [-0.2, 0) is 17.1 Å². The number of sulfonamides is 1. The topological polar surface area (TPSA) is 128 Å². The van der Waals surface area contributed by atoms with E-state index >= 15 is 0 Å². The minimum atomic E-state index is -4.26. The second-order valence-electron chi connectivity index (χ2n) is 7.43. The Morgan fingerprint density at radius 3 is 2.41 bits per heavy atom. The maximum absolute atomic E-state index is 13.0. The van der Waals surface area contributed by atoms with Crippen LogP contribution in [0.1, 0.15) is 26.0 Å². The van der Waals surface area contributed by atoms with Gasteiger partial charge in [-0.15, -0.1) is 0 Å². The highest BCUT2D eigenvalue weighted by Crippen LogP contribution is 2.29. The van der Waals surface area contributed by atoms with Crippen LogP contribution in [0.5, 0.6) is 0 Å². The number of anilines is 2. The van der Waals surface area contributed by atoms with Gasteiger partial charge in [-0.2, -0.15) is 0 Å². The fourth-order valence-electron chi connectivity index (χ4n) is 3.20. The highest BCUT2D eigenvalue weighted by atomic mass is 32.2. The lowest BCUT2D eigenvalue weighted by molar-refractivity contribution is -0.384. The molecule has 3 rings (SSSR count). The maximum atomic E-state index is 13.0. The number of hydrogen-bond acceptors (Lipinski definition) is 6. The van der Waals surface area contributed by atoms with Gasteiger partial charge in [0.25, 0.3) is 21.3 Å². The van der Waals surface area contributed by atoms with Gasteiger partial charge in [0.05, 0.1) is 21.2 Å². The lowest BCUT2D eigenvalue weighted by Gasteiger charge is -2.14. The van der Waals surface area contributed by atoms with Crippen LogP contribution in [0, 0.1) is 17.0 Å². The first-order valence-electron chi connectivity index (χ1n) is 9.98. The van der Waals surface area contributed by atoms with Crippen LogP contribution in [0.4, 0.5) is 17.1 Å². The molecule has 170 valence electrons. The molecule has 0 bridgehead atoms. The molecule has 1 atom stereocenters. The van der Waals surface area contributed by atoms with Gasteiger partial charge in [0.2, 0.25) is 0 Å². The molecule has 1 unspecified atom stereocenters. The summed E-state index contributed by atoms with van der Waals surface area (Å²) in [7, 11) is -2.62. The Bertz CT molecular complexity index is 1310. The highest BCUT2D eigenvalue weighted by molar-refractivity contribution is 7.92. The van der Waals surface area contributed by atoms with Crippen molar-refractivity contribution in [3.8, 4) is 5.69 Å². The van der Waals surface area contributed by atoms with Crippen LogP contribution in [0.3, 0.4) is 0 Å². The van der Waals surface area contributed by atoms with Crippen LogP contribution in [0.2, 0.25) is 0 Å². The fourth-order valence-corrected chi connectivity index (χ4v) is 4.33. The van der Waals surface area contributed by atoms with Crippen molar-refractivity contribution in [2.45, 2.75) is 38.1 Å². The molecule has 0 aliphatic carbocycles. The average molecular weight is 460 g/mol. The standard InChI is InChI=1S/C21H25N5O5S/c1-5-14(2)22-18-12-11-17(13-19(18)26(28)29)32(30,31)23-20-15(3)24(4)25(21(20)27)16-9-7-6-8-10-16/h6-14,22-23H,5H2,1-4H3. The highest BCUT2D eigenvalue weighted by Gasteiger charge is 2.25. The van der Waals surface area contributed by atoms with E-state index in [1.54, 1.807) is 44.3 Å². The van der Waals surface area contributed by atoms with Gasteiger partial charge in [0.15, 0.2) is 0 Å². The van der Waals surface area contributed by atoms with Crippen LogP contribution in [0.25, 0.3) is 5.69 Å². The van der Waals surface area contributed by atoms with Gasteiger partial charge in [-0.1, -0.05) is 25.1 Å². The van der Waals surface area contributed by atoms with Crippen LogP contribution < -0.4 is 15.6 Å². The van der Waals surface area contributed by atoms with Gasteiger partial charge >= 0.3 is 0 Å². The van der Waals surface area contributed by atoms with Crippen molar-refractivity contribution in [2.24, 2.45) is 7.05 Å². The molecule has 32 heavy (non-hydrogen) atoms. The summed E-state index contributed by atoms with van der Waals surface area (Å²) in [4.78, 5) is 23.6. The summed E-state index contributed by atoms with van der Waals surface area (Å²) in [5.41, 5.74) is 0.159. The van der Waals surface area contributed by atoms with Gasteiger partial charge < -0.3 is 5.32 Å². The number of nitro benzene ring substituents is 1. The van der Waals surface area contributed by atoms with E-state index in [9.17, 15) is 23.3 Å². The van der Waals surface area contributed by atoms with Gasteiger partial charge in [-0.3, -0.25) is 24.3 Å². The first-order chi connectivity index (χ1) is 15.1. The van der Waals surface area contributed by atoms with E-state index in [0.29, 0.717) is 11.4 Å². The largest absolute Gasteiger partial charge is 0.377 e. The van der Waals surface area contributed by atoms with E-state index in [1.807, 2.05) is 13.8 Å². The molecule has 2 N–H and O–H groups in total. The second kappa shape index (κ2) is 8.87. The normalized spacial score (nSPS) is 12.4. The molecule has 10 nitrogen and oxygen atoms in total. The molecule has 1 aromatic heterocycles. The SMILES string of the molecule is CCC(C)Nc1ccc(S(=O)(=O)Nc2c(C)n(C)n(-c3ccccc3)c2=O)cc1[N+](=O)[O-]. The molecular formula is C21H25N5O5S. The Morgan fingerprint density at radius 1 is 1.16 bits per heavy atom. The quantitative estimate of drug-likeness (QED) is 0.392. The van der Waals surface area contributed by atoms with Gasteiger partial charge in [-0.25, -0.2) is 13.1 Å². The Hall–Kier alpha value is -3.60. The van der Waals surface area contributed by atoms with Crippen LogP contribution in [0.15, 0.2) is 58.2 Å². The summed E-state index contributed by atoms with van der Waals surface area (Å²) >= 11 is 0. The molecule has 3 aromatic rings. The zero-order valence-electron chi connectivity index (χ0n) is 18.2. The van der Waals surface area contributed by atoms with E-state index < -0.39 is 20.5 Å². The molecule has 11 heteroatoms. The Morgan fingerprint density at radius 2 is 1.81 bits per heavy atom. The third-order valence-electron chi connectivity index (χ3n) is 5.28. The zero-order valence-corrected chi connectivity index (χ0v) is 19.0. The predicted octanol–water partition coefficient (Wildman–Crippen LogP) is 3.40. The summed E-state index contributed by atoms with van der Waals surface area (Å²) in [6, 6.07) is 12.4. The molecule has 1 heterocycles. The molecule has 0 aliphatic heterocycles. The van der Waals surface area contributed by atoms with Crippen molar-refractivity contribution in [3.05, 3.63) is 74.7 Å². The molecular weight excluding hydrogens is 434 g/mol. The average Bonchev–Trinajstić information content (AvgIpc) is 2.97. The second-order valence-corrected chi connectivity index (χ2v) is 9.11. The summed E-state index contributed by atoms with van der Waals surface area (Å²) in [5, 5.41) is 14.5. The lowest BCUT2D eigenvalue weighted by Crippen LogP contribution is -2.23. The number of benzene rings is 2. The number of nitrogens with zero attached hydrogens (tertiary/aromatic N) is 3. The third kappa shape index (κ3) is 4.37. The molecule has 0 saturated heterocycles. The number of aromatic nitrogens is 2. The summed E-state index contributed by atoms with van der Waals surface area (Å²) in [6.45, 7) is 5.41. The molecule has 0 aliphatic rings. The third-order valence-corrected chi connectivity index (χ3v) is 6.63. The molecule has 0 spiro atoms. The Balaban J connectivity index is 2.03. The number of rotatable bonds is 8. The minimum absolute atomic E-state index is 0.0299. The van der Waals surface area contributed by atoms with E-state index in [-0.39, 0.29) is 28.0 Å². The van der Waals surface area contributed by atoms with Crippen molar-refractivity contribution in [3.63, 3.8) is 0 Å². The number of para-hydroxylation sites is 1. The van der Waals surface area contributed by atoms with Gasteiger partial charge in [0, 0.05) is 19.2 Å². The summed E-state index contributed by atoms with van der Waals surface area (Å²) in [5.74, 6) is 0. The molecule has 0 saturated carbocycles. The van der Waals surface area contributed by atoms with E-state index in [0.717, 1.165) is 12.5 Å². The maximum Gasteiger partial charge on any atom is 0.296 e. The minimum Gasteiger partial charge on any atom is -0.377 e. The van der Waals surface area contributed by atoms with Gasteiger partial charge in [0.1, 0.15) is 11.4 Å². The molecule has 2 aromatic carbocycles. The zero-order chi connectivity index (χ0) is 23.6. The molecule has 0 fully saturated rings. The van der Waals surface area contributed by atoms with Crippen LogP contribution in [-0.4, -0.2) is 28.7 Å². The van der Waals surface area contributed by atoms with E-state index in [4.69, 9.17) is 0 Å². The van der Waals surface area contributed by atoms with Crippen molar-refractivity contribution in [2.75, 3.05) is 10.0 Å². The van der Waals surface area contributed by atoms with Crippen molar-refractivity contribution in [1.29, 1.82) is 0 Å². The summed E-state index contributed by atoms with van der Waals surface area (Å²) < 4.78 is 31.2. The monoisotopic (exact) mass is 459 g/mol. The number of hydrogen-bond donors (Lipinski definition) is 2. The van der Waals surface area contributed by atoms with E-state index in [2.05, 4.69) is 10.0 Å². The molecule has 0 amide bonds. The lowest BCUT2D eigenvalue weighted by atomic mass is 10.2. The number of nitrogens with one attached hydrogen (secondary N) is 2. The Kier molecular flexibility index (Phi) is 6.40. The van der Waals surface area contributed by atoms with Crippen molar-refractivity contribution in [1.82, 2.24) is 9.36 Å². The van der Waals surface area contributed by atoms with Crippen molar-refractivity contribution >= 4 is 27.1 Å². The summed E-state index contributed by atoms with van der Waals surface area (Å²) in [6.07, 6.45) is 0.736. The Labute approximate surface area is 185 Å². The predicted molar refractivity (Wildman–Crippen MR) is 123 cm³/mol. The smallest absolute Gasteiger partial charge is 0.296 e. The first kappa shape index (κ1) is 23.1.